The Morgan fingerprint density at radius 1 is 1.22 bits per heavy atom. The van der Waals surface area contributed by atoms with Crippen LogP contribution in [0.5, 0.6) is 11.6 Å². The molecule has 0 aliphatic carbocycles. The molecule has 18 heavy (non-hydrogen) atoms. The van der Waals surface area contributed by atoms with E-state index in [0.29, 0.717) is 5.88 Å². The molecule has 2 aromatic rings. The van der Waals surface area contributed by atoms with Gasteiger partial charge in [-0.2, -0.15) is 0 Å². The summed E-state index contributed by atoms with van der Waals surface area (Å²) in [5.41, 5.74) is 1.99. The van der Waals surface area contributed by atoms with E-state index < -0.39 is 0 Å². The van der Waals surface area contributed by atoms with Crippen LogP contribution in [-0.4, -0.2) is 17.0 Å². The molecule has 0 aliphatic rings. The van der Waals surface area contributed by atoms with Gasteiger partial charge in [0, 0.05) is 24.5 Å². The molecule has 0 radical (unpaired) electrons. The highest BCUT2D eigenvalue weighted by molar-refractivity contribution is 5.30. The van der Waals surface area contributed by atoms with E-state index in [1.54, 1.807) is 6.20 Å². The van der Waals surface area contributed by atoms with Gasteiger partial charge >= 0.3 is 0 Å². The first-order valence-electron chi connectivity index (χ1n) is 5.93. The summed E-state index contributed by atoms with van der Waals surface area (Å²) >= 11 is 0. The summed E-state index contributed by atoms with van der Waals surface area (Å²) in [7, 11) is 1.92. The van der Waals surface area contributed by atoms with Crippen LogP contribution in [0.3, 0.4) is 0 Å². The highest BCUT2D eigenvalue weighted by Crippen LogP contribution is 2.22. The molecule has 0 aliphatic heterocycles. The molecule has 0 aromatic carbocycles. The van der Waals surface area contributed by atoms with E-state index in [2.05, 4.69) is 22.2 Å². The SMILES string of the molecule is CNC(C)c1ccc(Oc2cccnc2C)nc1. The fourth-order valence-corrected chi connectivity index (χ4v) is 1.56. The Morgan fingerprint density at radius 2 is 2.06 bits per heavy atom. The quantitative estimate of drug-likeness (QED) is 0.897. The summed E-state index contributed by atoms with van der Waals surface area (Å²) in [5, 5.41) is 3.17. The smallest absolute Gasteiger partial charge is 0.219 e. The first-order chi connectivity index (χ1) is 8.70. The number of rotatable bonds is 4. The second kappa shape index (κ2) is 5.60. The van der Waals surface area contributed by atoms with Crippen molar-refractivity contribution in [3.05, 3.63) is 47.9 Å². The van der Waals surface area contributed by atoms with Crippen molar-refractivity contribution in [1.29, 1.82) is 0 Å². The molecule has 2 rings (SSSR count). The van der Waals surface area contributed by atoms with E-state index >= 15 is 0 Å². The molecule has 0 spiro atoms. The molecule has 1 N–H and O–H groups in total. The van der Waals surface area contributed by atoms with Crippen LogP contribution in [0.25, 0.3) is 0 Å². The second-order valence-corrected chi connectivity index (χ2v) is 4.13. The maximum atomic E-state index is 5.68. The van der Waals surface area contributed by atoms with Gasteiger partial charge in [-0.15, -0.1) is 0 Å². The fraction of sp³-hybridized carbons (Fsp3) is 0.286. The molecule has 2 heterocycles. The van der Waals surface area contributed by atoms with Crippen LogP contribution >= 0.6 is 0 Å². The van der Waals surface area contributed by atoms with E-state index in [1.165, 1.54) is 0 Å². The van der Waals surface area contributed by atoms with Gasteiger partial charge in [-0.25, -0.2) is 4.98 Å². The van der Waals surface area contributed by atoms with E-state index in [4.69, 9.17) is 4.74 Å². The van der Waals surface area contributed by atoms with Crippen molar-refractivity contribution in [2.75, 3.05) is 7.05 Å². The zero-order valence-corrected chi connectivity index (χ0v) is 10.8. The Labute approximate surface area is 107 Å². The maximum absolute atomic E-state index is 5.68. The Kier molecular flexibility index (Phi) is 3.89. The molecule has 0 saturated heterocycles. The zero-order chi connectivity index (χ0) is 13.0. The monoisotopic (exact) mass is 243 g/mol. The third-order valence-corrected chi connectivity index (χ3v) is 2.87. The lowest BCUT2D eigenvalue weighted by molar-refractivity contribution is 0.455. The lowest BCUT2D eigenvalue weighted by atomic mass is 10.1. The lowest BCUT2D eigenvalue weighted by Crippen LogP contribution is -2.12. The molecule has 0 fully saturated rings. The third kappa shape index (κ3) is 2.84. The van der Waals surface area contributed by atoms with Crippen molar-refractivity contribution in [1.82, 2.24) is 15.3 Å². The number of hydrogen-bond acceptors (Lipinski definition) is 4. The van der Waals surface area contributed by atoms with Crippen molar-refractivity contribution in [3.8, 4) is 11.6 Å². The molecule has 0 amide bonds. The zero-order valence-electron chi connectivity index (χ0n) is 10.8. The summed E-state index contributed by atoms with van der Waals surface area (Å²) in [6.45, 7) is 4.00. The fourth-order valence-electron chi connectivity index (χ4n) is 1.56. The van der Waals surface area contributed by atoms with E-state index in [-0.39, 0.29) is 6.04 Å². The Bertz CT molecular complexity index is 511. The number of aryl methyl sites for hydroxylation is 1. The Morgan fingerprint density at radius 3 is 2.67 bits per heavy atom. The topological polar surface area (TPSA) is 47.0 Å². The lowest BCUT2D eigenvalue weighted by Gasteiger charge is -2.11. The van der Waals surface area contributed by atoms with E-state index in [0.717, 1.165) is 17.0 Å². The predicted molar refractivity (Wildman–Crippen MR) is 70.8 cm³/mol. The summed E-state index contributed by atoms with van der Waals surface area (Å²) in [6.07, 6.45) is 3.57. The van der Waals surface area contributed by atoms with Crippen LogP contribution in [-0.2, 0) is 0 Å². The predicted octanol–water partition coefficient (Wildman–Crippen LogP) is 2.86. The van der Waals surface area contributed by atoms with Gasteiger partial charge in [-0.05, 0) is 38.6 Å². The van der Waals surface area contributed by atoms with Gasteiger partial charge in [0.15, 0.2) is 5.75 Å². The molecule has 1 unspecified atom stereocenters. The van der Waals surface area contributed by atoms with Gasteiger partial charge in [0.2, 0.25) is 5.88 Å². The van der Waals surface area contributed by atoms with Crippen LogP contribution in [0.1, 0.15) is 24.2 Å². The van der Waals surface area contributed by atoms with Crippen LogP contribution in [0.15, 0.2) is 36.7 Å². The molecular weight excluding hydrogens is 226 g/mol. The largest absolute Gasteiger partial charge is 0.437 e. The van der Waals surface area contributed by atoms with Gasteiger partial charge in [0.1, 0.15) is 0 Å². The van der Waals surface area contributed by atoms with Gasteiger partial charge in [-0.1, -0.05) is 6.07 Å². The summed E-state index contributed by atoms with van der Waals surface area (Å²) in [5.74, 6) is 1.32. The van der Waals surface area contributed by atoms with Crippen molar-refractivity contribution >= 4 is 0 Å². The Balaban J connectivity index is 2.14. The van der Waals surface area contributed by atoms with Crippen LogP contribution in [0, 0.1) is 6.92 Å². The second-order valence-electron chi connectivity index (χ2n) is 4.13. The first-order valence-corrected chi connectivity index (χ1v) is 5.93. The molecule has 0 saturated carbocycles. The Hall–Kier alpha value is -1.94. The molecule has 94 valence electrons. The van der Waals surface area contributed by atoms with Crippen molar-refractivity contribution < 1.29 is 4.74 Å². The number of nitrogens with one attached hydrogen (secondary N) is 1. The normalized spacial score (nSPS) is 12.2. The number of ether oxygens (including phenoxy) is 1. The number of nitrogens with zero attached hydrogens (tertiary/aromatic N) is 2. The summed E-state index contributed by atoms with van der Waals surface area (Å²) < 4.78 is 5.68. The van der Waals surface area contributed by atoms with Crippen molar-refractivity contribution in [2.24, 2.45) is 0 Å². The highest BCUT2D eigenvalue weighted by Gasteiger charge is 2.05. The third-order valence-electron chi connectivity index (χ3n) is 2.87. The standard InChI is InChI=1S/C14H17N3O/c1-10(15-3)12-6-7-14(17-9-12)18-13-5-4-8-16-11(13)2/h4-10,15H,1-3H3. The summed E-state index contributed by atoms with van der Waals surface area (Å²) in [6, 6.07) is 7.89. The number of hydrogen-bond donors (Lipinski definition) is 1. The van der Waals surface area contributed by atoms with E-state index in [1.807, 2.05) is 44.4 Å². The van der Waals surface area contributed by atoms with E-state index in [9.17, 15) is 0 Å². The van der Waals surface area contributed by atoms with Gasteiger partial charge in [0.05, 0.1) is 5.69 Å². The van der Waals surface area contributed by atoms with Crippen molar-refractivity contribution in [3.63, 3.8) is 0 Å². The average molecular weight is 243 g/mol. The number of aromatic nitrogens is 2. The van der Waals surface area contributed by atoms with Crippen molar-refractivity contribution in [2.45, 2.75) is 19.9 Å². The maximum Gasteiger partial charge on any atom is 0.219 e. The van der Waals surface area contributed by atoms with Crippen LogP contribution in [0.4, 0.5) is 0 Å². The van der Waals surface area contributed by atoms with Gasteiger partial charge in [0.25, 0.3) is 0 Å². The number of pyridine rings is 2. The highest BCUT2D eigenvalue weighted by atomic mass is 16.5. The molecule has 4 nitrogen and oxygen atoms in total. The molecule has 2 aromatic heterocycles. The average Bonchev–Trinajstić information content (AvgIpc) is 2.41. The molecule has 0 bridgehead atoms. The minimum Gasteiger partial charge on any atom is -0.437 e. The molecular formula is C14H17N3O. The van der Waals surface area contributed by atoms with Gasteiger partial charge in [-0.3, -0.25) is 4.98 Å². The minimum atomic E-state index is 0.284. The summed E-state index contributed by atoms with van der Waals surface area (Å²) in [4.78, 5) is 8.47. The van der Waals surface area contributed by atoms with Crippen LogP contribution in [0.2, 0.25) is 0 Å². The van der Waals surface area contributed by atoms with Crippen LogP contribution < -0.4 is 10.1 Å². The minimum absolute atomic E-state index is 0.284. The molecule has 4 heteroatoms. The first kappa shape index (κ1) is 12.5. The van der Waals surface area contributed by atoms with Gasteiger partial charge < -0.3 is 10.1 Å². The molecule has 1 atom stereocenters.